The molecule has 9 heteroatoms. The number of likely N-dealkylation sites (N-methyl/N-ethyl adjacent to an activating group) is 1. The molecule has 2 aromatic rings. The number of aliphatic hydroxyl groups is 1. The minimum absolute atomic E-state index is 0.105. The van der Waals surface area contributed by atoms with Gasteiger partial charge in [-0.1, -0.05) is 31.0 Å². The Kier molecular flexibility index (Phi) is 11.2. The van der Waals surface area contributed by atoms with Gasteiger partial charge in [-0.25, -0.2) is 4.79 Å². The van der Waals surface area contributed by atoms with Crippen LogP contribution in [0.3, 0.4) is 0 Å². The minimum atomic E-state index is -0.615. The topological polar surface area (TPSA) is 101 Å². The van der Waals surface area contributed by atoms with Crippen molar-refractivity contribution in [1.29, 1.82) is 0 Å². The Labute approximate surface area is 243 Å². The van der Waals surface area contributed by atoms with Gasteiger partial charge >= 0.3 is 6.03 Å². The Bertz CT molecular complexity index is 1170. The Hall–Kier alpha value is -2.98. The highest BCUT2D eigenvalue weighted by atomic mass is 16.7. The quantitative estimate of drug-likeness (QED) is 0.219. The number of carbonyl (C=O) groups is 2. The molecule has 1 fully saturated rings. The van der Waals surface area contributed by atoms with E-state index >= 15 is 0 Å². The molecule has 3 amide bonds. The Morgan fingerprint density at radius 3 is 2.59 bits per heavy atom. The summed E-state index contributed by atoms with van der Waals surface area (Å²) < 4.78 is 17.3. The fourth-order valence-corrected chi connectivity index (χ4v) is 5.04. The molecular formula is C32H45N3O6. The van der Waals surface area contributed by atoms with E-state index in [-0.39, 0.29) is 18.5 Å². The zero-order valence-corrected chi connectivity index (χ0v) is 24.7. The van der Waals surface area contributed by atoms with Crippen LogP contribution < -0.4 is 15.0 Å². The second-order valence-electron chi connectivity index (χ2n) is 11.4. The van der Waals surface area contributed by atoms with Gasteiger partial charge in [0.15, 0.2) is 0 Å². The fraction of sp³-hybridized carbons (Fsp3) is 0.562. The third-order valence-corrected chi connectivity index (χ3v) is 7.54. The predicted octanol–water partition coefficient (Wildman–Crippen LogP) is 4.95. The number of amides is 3. The highest BCUT2D eigenvalue weighted by molar-refractivity contribution is 6.11. The van der Waals surface area contributed by atoms with Crippen molar-refractivity contribution in [3.63, 3.8) is 0 Å². The Morgan fingerprint density at radius 2 is 1.80 bits per heavy atom. The number of aliphatic hydroxyl groups excluding tert-OH is 1. The zero-order valence-electron chi connectivity index (χ0n) is 24.7. The first-order chi connectivity index (χ1) is 19.7. The third-order valence-electron chi connectivity index (χ3n) is 7.54. The van der Waals surface area contributed by atoms with Crippen molar-refractivity contribution < 1.29 is 28.9 Å². The molecule has 0 aliphatic carbocycles. The summed E-state index contributed by atoms with van der Waals surface area (Å²) in [5.41, 5.74) is 3.78. The Morgan fingerprint density at radius 1 is 1.02 bits per heavy atom. The average Bonchev–Trinajstić information content (AvgIpc) is 3.22. The van der Waals surface area contributed by atoms with Crippen LogP contribution in [0.15, 0.2) is 42.5 Å². The van der Waals surface area contributed by atoms with Gasteiger partial charge in [0, 0.05) is 51.9 Å². The van der Waals surface area contributed by atoms with Gasteiger partial charge in [0.25, 0.3) is 0 Å². The molecule has 2 heterocycles. The molecule has 1 atom stereocenters. The van der Waals surface area contributed by atoms with E-state index < -0.39 is 11.9 Å². The number of unbranched alkanes of at least 4 members (excludes halogenated alkanes) is 4. The monoisotopic (exact) mass is 567 g/mol. The molecule has 2 N–H and O–H groups in total. The number of hydrogen-bond acceptors (Lipinski definition) is 7. The number of anilines is 1. The van der Waals surface area contributed by atoms with Crippen LogP contribution in [-0.2, 0) is 27.3 Å². The molecule has 0 aromatic heterocycles. The molecule has 2 aromatic carbocycles. The van der Waals surface area contributed by atoms with Gasteiger partial charge in [0.1, 0.15) is 12.3 Å². The maximum absolute atomic E-state index is 12.2. The molecule has 41 heavy (non-hydrogen) atoms. The summed E-state index contributed by atoms with van der Waals surface area (Å²) in [4.78, 5) is 26.7. The third kappa shape index (κ3) is 9.00. The standard InChI is InChI=1S/C32H45N3O6/c1-32(2)40-23-26-20-25(14-15-29(26)41-32)28(36)21-33-16-7-4-5-8-17-39-18-9-6-11-24-12-10-13-27(19-24)35-22-30(37)34(3)31(35)38/h10,12-15,19-20,28,33,36H,4-9,11,16-18,21-23H2,1-3H3/t28-/m1/s1. The fourth-order valence-electron chi connectivity index (χ4n) is 5.04. The highest BCUT2D eigenvalue weighted by Crippen LogP contribution is 2.32. The van der Waals surface area contributed by atoms with Gasteiger partial charge in [-0.2, -0.15) is 0 Å². The summed E-state index contributed by atoms with van der Waals surface area (Å²) in [5.74, 6) is 0.0279. The molecule has 2 aliphatic rings. The number of rotatable bonds is 16. The normalized spacial score (nSPS) is 17.1. The molecule has 9 nitrogen and oxygen atoms in total. The lowest BCUT2D eigenvalue weighted by Crippen LogP contribution is -2.35. The first-order valence-electron chi connectivity index (χ1n) is 14.8. The first-order valence-corrected chi connectivity index (χ1v) is 14.8. The van der Waals surface area contributed by atoms with Gasteiger partial charge in [0.05, 0.1) is 12.7 Å². The molecule has 224 valence electrons. The SMILES string of the molecule is CN1C(=O)CN(c2cccc(CCCCOCCCCCCNC[C@@H](O)c3ccc4c(c3)COC(C)(C)O4)c2)C1=O. The number of ether oxygens (including phenoxy) is 3. The summed E-state index contributed by atoms with van der Waals surface area (Å²) in [6.07, 6.45) is 6.74. The van der Waals surface area contributed by atoms with E-state index in [0.717, 1.165) is 97.7 Å². The van der Waals surface area contributed by atoms with Crippen molar-refractivity contribution in [2.75, 3.05) is 44.8 Å². The molecule has 0 bridgehead atoms. The lowest BCUT2D eigenvalue weighted by Gasteiger charge is -2.33. The average molecular weight is 568 g/mol. The number of imide groups is 1. The molecule has 0 saturated carbocycles. The van der Waals surface area contributed by atoms with Gasteiger partial charge in [0.2, 0.25) is 11.7 Å². The molecule has 1 saturated heterocycles. The minimum Gasteiger partial charge on any atom is -0.463 e. The first kappa shape index (κ1) is 31.0. The lowest BCUT2D eigenvalue weighted by molar-refractivity contribution is -0.180. The number of nitrogens with one attached hydrogen (secondary N) is 1. The van der Waals surface area contributed by atoms with Crippen LogP contribution in [0.2, 0.25) is 0 Å². The summed E-state index contributed by atoms with van der Waals surface area (Å²) in [5, 5.41) is 13.9. The van der Waals surface area contributed by atoms with E-state index in [9.17, 15) is 14.7 Å². The zero-order chi connectivity index (χ0) is 29.2. The summed E-state index contributed by atoms with van der Waals surface area (Å²) in [6.45, 7) is 7.31. The van der Waals surface area contributed by atoms with Crippen LogP contribution in [0.25, 0.3) is 0 Å². The molecule has 0 radical (unpaired) electrons. The van der Waals surface area contributed by atoms with E-state index in [4.69, 9.17) is 14.2 Å². The molecule has 4 rings (SSSR count). The van der Waals surface area contributed by atoms with E-state index in [1.54, 1.807) is 0 Å². The van der Waals surface area contributed by atoms with Crippen molar-refractivity contribution in [3.8, 4) is 5.75 Å². The summed E-state index contributed by atoms with van der Waals surface area (Å²) >= 11 is 0. The van der Waals surface area contributed by atoms with E-state index in [0.29, 0.717) is 13.2 Å². The molecule has 2 aliphatic heterocycles. The van der Waals surface area contributed by atoms with E-state index in [1.165, 1.54) is 11.9 Å². The van der Waals surface area contributed by atoms with E-state index in [1.807, 2.05) is 50.2 Å². The lowest BCUT2D eigenvalue weighted by atomic mass is 10.0. The van der Waals surface area contributed by atoms with Crippen molar-refractivity contribution in [2.24, 2.45) is 0 Å². The molecular weight excluding hydrogens is 522 g/mol. The van der Waals surface area contributed by atoms with Crippen LogP contribution in [0.5, 0.6) is 5.75 Å². The largest absolute Gasteiger partial charge is 0.463 e. The number of benzene rings is 2. The number of fused-ring (bicyclic) bond motifs is 1. The van der Waals surface area contributed by atoms with Crippen LogP contribution >= 0.6 is 0 Å². The van der Waals surface area contributed by atoms with Gasteiger partial charge < -0.3 is 24.6 Å². The maximum Gasteiger partial charge on any atom is 0.331 e. The second kappa shape index (κ2) is 14.8. The number of aryl methyl sites for hydroxylation is 1. The number of hydrogen-bond donors (Lipinski definition) is 2. The number of nitrogens with zero attached hydrogens (tertiary/aromatic N) is 2. The van der Waals surface area contributed by atoms with Gasteiger partial charge in [-0.15, -0.1) is 0 Å². The highest BCUT2D eigenvalue weighted by Gasteiger charge is 2.34. The van der Waals surface area contributed by atoms with Crippen molar-refractivity contribution in [2.45, 2.75) is 77.3 Å². The number of carbonyl (C=O) groups excluding carboxylic acids is 2. The van der Waals surface area contributed by atoms with Gasteiger partial charge in [-0.3, -0.25) is 14.6 Å². The summed E-state index contributed by atoms with van der Waals surface area (Å²) in [7, 11) is 1.52. The molecule has 0 spiro atoms. The van der Waals surface area contributed by atoms with Gasteiger partial charge in [-0.05, 0) is 74.0 Å². The number of urea groups is 1. The van der Waals surface area contributed by atoms with E-state index in [2.05, 4.69) is 11.4 Å². The maximum atomic E-state index is 12.2. The van der Waals surface area contributed by atoms with Crippen molar-refractivity contribution >= 4 is 17.6 Å². The van der Waals surface area contributed by atoms with Crippen molar-refractivity contribution in [1.82, 2.24) is 10.2 Å². The Balaban J connectivity index is 0.985. The smallest absolute Gasteiger partial charge is 0.331 e. The predicted molar refractivity (Wildman–Crippen MR) is 158 cm³/mol. The van der Waals surface area contributed by atoms with Crippen LogP contribution in [0.1, 0.15) is 75.2 Å². The molecule has 0 unspecified atom stereocenters. The van der Waals surface area contributed by atoms with Crippen LogP contribution in [0.4, 0.5) is 10.5 Å². The van der Waals surface area contributed by atoms with Crippen LogP contribution in [0, 0.1) is 0 Å². The second-order valence-corrected chi connectivity index (χ2v) is 11.4. The van der Waals surface area contributed by atoms with Crippen LogP contribution in [-0.4, -0.2) is 67.6 Å². The summed E-state index contributed by atoms with van der Waals surface area (Å²) in [6, 6.07) is 13.4. The van der Waals surface area contributed by atoms with Crippen molar-refractivity contribution in [3.05, 3.63) is 59.2 Å².